The Morgan fingerprint density at radius 2 is 0.770 bits per heavy atom. The van der Waals surface area contributed by atoms with E-state index in [1.165, 1.54) is 153 Å². The molecule has 1 saturated heterocycles. The largest absolute Gasteiger partial charge is 0.383 e. The van der Waals surface area contributed by atoms with E-state index in [2.05, 4.69) is 118 Å². The zero-order valence-electron chi connectivity index (χ0n) is 83.3. The Bertz CT molecular complexity index is 6540. The number of hydrogen-bond acceptors (Lipinski definition) is 34. The number of anilines is 8. The molecule has 7 fully saturated rings. The van der Waals surface area contributed by atoms with Crippen LogP contribution in [0, 0.1) is 39.3 Å². The summed E-state index contributed by atoms with van der Waals surface area (Å²) in [5.41, 5.74) is 1.84. The van der Waals surface area contributed by atoms with Gasteiger partial charge in [-0.15, -0.1) is 69.1 Å². The smallest absolute Gasteiger partial charge is 0.293 e. The minimum atomic E-state index is -4.12. The van der Waals surface area contributed by atoms with Gasteiger partial charge in [0.25, 0.3) is 35.8 Å². The molecule has 0 bridgehead atoms. The first-order valence-electron chi connectivity index (χ1n) is 48.7. The van der Waals surface area contributed by atoms with Gasteiger partial charge in [-0.1, -0.05) is 118 Å². The van der Waals surface area contributed by atoms with Gasteiger partial charge in [0.15, 0.2) is 35.1 Å². The third-order valence-electron chi connectivity index (χ3n) is 27.2. The number of methoxy groups -OCH3 is 1. The van der Waals surface area contributed by atoms with Crippen LogP contribution in [0.15, 0.2) is 149 Å². The molecular formula is C96H131Cl5F4N20O13S10. The second kappa shape index (κ2) is 56.2. The number of nitro groups is 1. The average Bonchev–Trinajstić information content (AvgIpc) is 0.914. The van der Waals surface area contributed by atoms with Crippen LogP contribution in [0.4, 0.5) is 67.1 Å². The molecule has 6 heterocycles. The van der Waals surface area contributed by atoms with E-state index in [1.807, 2.05) is 14.1 Å². The lowest BCUT2D eigenvalue weighted by atomic mass is 9.89. The molecule has 0 spiro atoms. The van der Waals surface area contributed by atoms with E-state index >= 15 is 0 Å². The Morgan fingerprint density at radius 1 is 0.426 bits per heavy atom. The van der Waals surface area contributed by atoms with E-state index in [-0.39, 0.29) is 118 Å². The minimum Gasteiger partial charge on any atom is -0.383 e. The Kier molecular flexibility index (Phi) is 45.9. The monoisotopic (exact) mass is 2340 g/mol. The summed E-state index contributed by atoms with van der Waals surface area (Å²) in [4.78, 5) is 40.4. The Balaban J connectivity index is 0.000000175. The number of benzene rings is 5. The number of likely N-dealkylation sites (N-methyl/N-ethyl adjacent to an activating group) is 4. The van der Waals surface area contributed by atoms with Crippen LogP contribution in [0.25, 0.3) is 0 Å². The van der Waals surface area contributed by atoms with E-state index in [1.54, 1.807) is 34.0 Å². The van der Waals surface area contributed by atoms with Gasteiger partial charge < -0.3 is 52.2 Å². The van der Waals surface area contributed by atoms with Crippen LogP contribution in [0.2, 0.25) is 20.1 Å². The Morgan fingerprint density at radius 3 is 1.15 bits per heavy atom. The van der Waals surface area contributed by atoms with E-state index in [0.717, 1.165) is 200 Å². The van der Waals surface area contributed by atoms with Crippen molar-refractivity contribution in [1.29, 1.82) is 0 Å². The second-order valence-electron chi connectivity index (χ2n) is 37.7. The van der Waals surface area contributed by atoms with Gasteiger partial charge in [-0.3, -0.25) is 34.1 Å². The highest BCUT2D eigenvalue weighted by molar-refractivity contribution is 7.93. The van der Waals surface area contributed by atoms with Gasteiger partial charge in [0, 0.05) is 145 Å². The van der Waals surface area contributed by atoms with E-state index < -0.39 is 97.5 Å². The van der Waals surface area contributed by atoms with Crippen molar-refractivity contribution in [2.24, 2.45) is 5.92 Å². The zero-order valence-corrected chi connectivity index (χ0v) is 95.3. The number of hydrogen-bond donors (Lipinski definition) is 9. The number of likely N-dealkylation sites (tertiary alicyclic amines) is 1. The van der Waals surface area contributed by atoms with Crippen LogP contribution in [0.1, 0.15) is 177 Å². The number of halogens is 9. The maximum Gasteiger partial charge on any atom is 0.293 e. The molecule has 10 atom stereocenters. The molecule has 17 rings (SSSR count). The SMILES string of the molecule is CCCN(C)[C@H]1CCCC[C@@H]1Nc1cc(F)c(S(=O)(=O)Nc2nccs2)cc1Cl.CN(C)[C@H]1CCCC[C@@H]1Nc1ccc(S(=O)(=O)Cc2nccs2)cc1[N+](=O)[O-].CN(CC1CC1)[C@H]1CCCC[C@@H]1Nc1cc(F)c(S(=O)(=O)Nc2nccs2)cc1Cl.COCCN(C)[C@H]1CCCC[C@@H]1Nc1cc(F)c(S(=O)(=O)Cc2nccs2)cc1Cl.Cl.N.O=S(=O)(Nc1nccs1)c1cc(Cl)c(N[C@H]2CCCC[C@@H]2N2CCCC2)cc1F. The fourth-order valence-electron chi connectivity index (χ4n) is 19.7. The first-order valence-corrected chi connectivity index (χ1v) is 62.4. The maximum atomic E-state index is 14.8. The molecule has 33 nitrogen and oxygen atoms in total. The second-order valence-corrected chi connectivity index (χ2v) is 52.9. The third-order valence-corrected chi connectivity index (χ3v) is 40.1. The number of aromatic nitrogens is 5. The van der Waals surface area contributed by atoms with Crippen molar-refractivity contribution in [2.45, 2.75) is 264 Å². The molecule has 0 amide bonds. The van der Waals surface area contributed by atoms with E-state index in [0.29, 0.717) is 63.2 Å². The van der Waals surface area contributed by atoms with Crippen LogP contribution in [0.5, 0.6) is 0 Å². The van der Waals surface area contributed by atoms with Crippen LogP contribution >= 0.6 is 115 Å². The summed E-state index contributed by atoms with van der Waals surface area (Å²) in [6, 6.07) is 15.8. The number of nitro benzene ring substituents is 1. The van der Waals surface area contributed by atoms with Gasteiger partial charge in [0.05, 0.1) is 59.3 Å². The average molecular weight is 2350 g/mol. The summed E-state index contributed by atoms with van der Waals surface area (Å²) in [6.07, 6.45) is 35.0. The molecule has 5 aromatic carbocycles. The maximum absolute atomic E-state index is 14.8. The lowest BCUT2D eigenvalue weighted by Gasteiger charge is -2.39. The standard InChI is InChI=1S/C20H26ClFN4O2S2.C20H27ClFN3O3S2.C19H24ClFN4O2S2.C19H26ClFN4O2S2.C18H24N4O4S2.ClH.H3N/c1-26(12-13-6-7-13)18-5-3-2-4-16(18)24-17-11-15(22)19(10-14(17)21)30(27,28)25-20-23-8-9-29-20;1-25(8-9-28-2)18-6-4-3-5-16(18)24-17-12-15(22)19(11-14(17)21)30(26,27)13-20-23-7-10-29-20;20-13-11-18(29(26,27)24-19-22-7-10-28-19)14(21)12-16(13)23-15-5-1-2-6-17(15)25-8-3-4-9-25;1-3-9-25(2)17-7-5-4-6-15(17)23-16-12-14(21)18(11-13(16)20)29(26,27)24-19-22-8-10-28-19;1-21(2)16-6-4-3-5-14(16)20-15-8-7-13(11-17(15)22(23)24)28(25,26)12-18-19-9-10-27-18;;/h8-11,13,16,18,24H,2-7,12H2,1H3,(H,23,25);7,10-12,16,18,24H,3-6,8-9,13H2,1-2H3;7,10-12,15,17,23H,1-6,8-9H2,(H,22,24);8,10-12,15,17,23H,3-7,9H2,1-2H3,(H,22,24);7-11,14,16,20H,3-6,12H2,1-2H3;1H;1H3/t2*16-,18-;2*15-,17-;14-,16-;;/m00000../s1. The van der Waals surface area contributed by atoms with Crippen molar-refractivity contribution in [3.05, 3.63) is 188 Å². The predicted molar refractivity (Wildman–Crippen MR) is 591 cm³/mol. The topological polar surface area (TPSA) is 435 Å². The van der Waals surface area contributed by atoms with Crippen LogP contribution in [0.3, 0.4) is 0 Å². The molecule has 5 aromatic heterocycles. The number of ether oxygens (including phenoxy) is 1. The minimum absolute atomic E-state index is 0. The van der Waals surface area contributed by atoms with E-state index in [4.69, 9.17) is 51.1 Å². The molecule has 52 heteroatoms. The van der Waals surface area contributed by atoms with Gasteiger partial charge in [0.2, 0.25) is 0 Å². The number of sulfone groups is 2. The van der Waals surface area contributed by atoms with Crippen molar-refractivity contribution < 1.29 is 69.3 Å². The summed E-state index contributed by atoms with van der Waals surface area (Å²) in [7, 11) is -7.91. The summed E-state index contributed by atoms with van der Waals surface area (Å²) < 4.78 is 197. The molecule has 11 N–H and O–H groups in total. The van der Waals surface area contributed by atoms with Gasteiger partial charge in [-0.2, -0.15) is 0 Å². The fourth-order valence-corrected chi connectivity index (χ4v) is 31.1. The highest BCUT2D eigenvalue weighted by Gasteiger charge is 2.39. The lowest BCUT2D eigenvalue weighted by Crippen LogP contribution is -2.48. The number of nitrogens with zero attached hydrogens (tertiary/aromatic N) is 11. The first kappa shape index (κ1) is 121. The van der Waals surface area contributed by atoms with Crippen molar-refractivity contribution in [1.82, 2.24) is 55.6 Å². The summed E-state index contributed by atoms with van der Waals surface area (Å²) in [5.74, 6) is -3.15. The molecule has 6 saturated carbocycles. The van der Waals surface area contributed by atoms with Crippen molar-refractivity contribution in [3.8, 4) is 0 Å². The molecule has 1 aliphatic heterocycles. The highest BCUT2D eigenvalue weighted by atomic mass is 35.5. The molecule has 0 radical (unpaired) electrons. The molecule has 148 heavy (non-hydrogen) atoms. The van der Waals surface area contributed by atoms with Crippen molar-refractivity contribution in [2.75, 3.05) is 122 Å². The summed E-state index contributed by atoms with van der Waals surface area (Å²) in [5, 5.41) is 38.9. The van der Waals surface area contributed by atoms with Gasteiger partial charge in [-0.25, -0.2) is 84.6 Å². The molecule has 816 valence electrons. The molecule has 10 aromatic rings. The Hall–Kier alpha value is -7.31. The highest BCUT2D eigenvalue weighted by Crippen LogP contribution is 2.42. The normalized spacial score (nSPS) is 20.9. The third kappa shape index (κ3) is 33.6. The number of nitrogens with one attached hydrogen (secondary N) is 8. The van der Waals surface area contributed by atoms with Gasteiger partial charge in [-0.05, 0) is 218 Å². The molecule has 7 aliphatic rings. The fraction of sp³-hybridized carbons (Fsp3) is 0.531. The molecule has 6 aliphatic carbocycles. The van der Waals surface area contributed by atoms with Crippen LogP contribution in [-0.4, -0.2) is 239 Å². The number of sulfonamides is 3. The zero-order chi connectivity index (χ0) is 105. The number of thiazole rings is 5. The summed E-state index contributed by atoms with van der Waals surface area (Å²) in [6.45, 7) is 7.87. The number of rotatable bonds is 38. The quantitative estimate of drug-likeness (QED) is 0.00986. The van der Waals surface area contributed by atoms with Crippen molar-refractivity contribution in [3.63, 3.8) is 0 Å². The first-order chi connectivity index (χ1) is 69.7. The van der Waals surface area contributed by atoms with Crippen molar-refractivity contribution >= 4 is 215 Å². The predicted octanol–water partition coefficient (Wildman–Crippen LogP) is 22.3. The van der Waals surface area contributed by atoms with Crippen LogP contribution in [-0.2, 0) is 66.0 Å². The van der Waals surface area contributed by atoms with Crippen LogP contribution < -0.4 is 46.9 Å². The van der Waals surface area contributed by atoms with Gasteiger partial charge in [0.1, 0.15) is 70.1 Å². The summed E-state index contributed by atoms with van der Waals surface area (Å²) >= 11 is 31.3. The molecule has 0 unspecified atom stereocenters. The van der Waals surface area contributed by atoms with Gasteiger partial charge >= 0.3 is 0 Å². The Labute approximate surface area is 912 Å². The lowest BCUT2D eigenvalue weighted by molar-refractivity contribution is -0.384. The molecular weight excluding hydrogens is 2220 g/mol. The van der Waals surface area contributed by atoms with E-state index in [9.17, 15) is 69.8 Å².